The molecule has 1 aliphatic heterocycles. The molecule has 1 unspecified atom stereocenters. The molecule has 0 amide bonds. The zero-order valence-corrected chi connectivity index (χ0v) is 12.2. The summed E-state index contributed by atoms with van der Waals surface area (Å²) < 4.78 is 0. The predicted molar refractivity (Wildman–Crippen MR) is 80.4 cm³/mol. The Bertz CT molecular complexity index is 434. The van der Waals surface area contributed by atoms with Crippen molar-refractivity contribution in [2.45, 2.75) is 38.6 Å². The lowest BCUT2D eigenvalue weighted by atomic mass is 9.97. The Labute approximate surface area is 119 Å². The van der Waals surface area contributed by atoms with Crippen molar-refractivity contribution in [3.63, 3.8) is 0 Å². The smallest absolute Gasteiger partial charge is 0.0479 e. The van der Waals surface area contributed by atoms with Crippen LogP contribution in [0.5, 0.6) is 0 Å². The lowest BCUT2D eigenvalue weighted by Crippen LogP contribution is -2.33. The molecule has 1 nitrogen and oxygen atoms in total. The summed E-state index contributed by atoms with van der Waals surface area (Å²) in [6.45, 7) is 3.31. The Morgan fingerprint density at radius 1 is 1.39 bits per heavy atom. The van der Waals surface area contributed by atoms with Gasteiger partial charge in [-0.15, -0.1) is 0 Å². The van der Waals surface area contributed by atoms with Gasteiger partial charge in [-0.3, -0.25) is 0 Å². The van der Waals surface area contributed by atoms with Crippen molar-refractivity contribution in [1.29, 1.82) is 0 Å². The Balaban J connectivity index is 2.04. The molecule has 1 heterocycles. The van der Waals surface area contributed by atoms with Crippen LogP contribution in [0.15, 0.2) is 23.8 Å². The average molecular weight is 284 g/mol. The summed E-state index contributed by atoms with van der Waals surface area (Å²) in [5.41, 5.74) is 2.36. The van der Waals surface area contributed by atoms with Gasteiger partial charge in [0.15, 0.2) is 0 Å². The van der Waals surface area contributed by atoms with Crippen LogP contribution in [-0.4, -0.2) is 12.6 Å². The van der Waals surface area contributed by atoms with Crippen LogP contribution >= 0.6 is 23.2 Å². The quantitative estimate of drug-likeness (QED) is 0.830. The van der Waals surface area contributed by atoms with Crippen LogP contribution in [0.3, 0.4) is 0 Å². The number of hydrogen-bond donors (Lipinski definition) is 1. The van der Waals surface area contributed by atoms with Gasteiger partial charge in [-0.05, 0) is 56.5 Å². The van der Waals surface area contributed by atoms with E-state index in [2.05, 4.69) is 18.3 Å². The van der Waals surface area contributed by atoms with E-state index in [1.165, 1.54) is 24.8 Å². The van der Waals surface area contributed by atoms with Crippen LogP contribution in [0.4, 0.5) is 0 Å². The van der Waals surface area contributed by atoms with Crippen LogP contribution in [0.1, 0.15) is 38.2 Å². The van der Waals surface area contributed by atoms with E-state index >= 15 is 0 Å². The van der Waals surface area contributed by atoms with E-state index in [0.29, 0.717) is 6.04 Å². The molecule has 0 aliphatic carbocycles. The molecule has 0 spiro atoms. The standard InChI is InChI=1S/C15H19Cl2N/c1-11(9-14-4-2-3-7-18-14)8-12-10-13(16)5-6-15(12)17/h5-6,8,10,14,18H,2-4,7,9H2,1H3/b11-8-. The average Bonchev–Trinajstić information content (AvgIpc) is 2.35. The van der Waals surface area contributed by atoms with Crippen molar-refractivity contribution in [3.8, 4) is 0 Å². The van der Waals surface area contributed by atoms with Gasteiger partial charge in [0.1, 0.15) is 0 Å². The highest BCUT2D eigenvalue weighted by Crippen LogP contribution is 2.24. The third-order valence-electron chi connectivity index (χ3n) is 3.34. The topological polar surface area (TPSA) is 12.0 Å². The van der Waals surface area contributed by atoms with Gasteiger partial charge in [-0.25, -0.2) is 0 Å². The molecule has 1 atom stereocenters. The summed E-state index contributed by atoms with van der Waals surface area (Å²) in [6, 6.07) is 6.20. The number of piperidine rings is 1. The molecule has 0 aromatic heterocycles. The molecule has 18 heavy (non-hydrogen) atoms. The van der Waals surface area contributed by atoms with Crippen molar-refractivity contribution < 1.29 is 0 Å². The number of halogens is 2. The summed E-state index contributed by atoms with van der Waals surface area (Å²) in [5.74, 6) is 0. The van der Waals surface area contributed by atoms with Crippen molar-refractivity contribution >= 4 is 29.3 Å². The number of hydrogen-bond acceptors (Lipinski definition) is 1. The van der Waals surface area contributed by atoms with Gasteiger partial charge in [0.25, 0.3) is 0 Å². The molecular weight excluding hydrogens is 265 g/mol. The molecule has 1 fully saturated rings. The third-order valence-corrected chi connectivity index (χ3v) is 3.92. The second kappa shape index (κ2) is 6.60. The molecule has 0 radical (unpaired) electrons. The van der Waals surface area contributed by atoms with Crippen LogP contribution in [0, 0.1) is 0 Å². The first-order valence-electron chi connectivity index (χ1n) is 6.51. The van der Waals surface area contributed by atoms with E-state index in [1.54, 1.807) is 0 Å². The van der Waals surface area contributed by atoms with Gasteiger partial charge in [0, 0.05) is 16.1 Å². The van der Waals surface area contributed by atoms with Gasteiger partial charge in [0.2, 0.25) is 0 Å². The molecule has 0 bridgehead atoms. The highest BCUT2D eigenvalue weighted by Gasteiger charge is 2.12. The molecule has 1 saturated heterocycles. The molecular formula is C15H19Cl2N. The minimum Gasteiger partial charge on any atom is -0.314 e. The van der Waals surface area contributed by atoms with Crippen LogP contribution < -0.4 is 5.32 Å². The van der Waals surface area contributed by atoms with Gasteiger partial charge in [0.05, 0.1) is 0 Å². The molecule has 0 saturated carbocycles. The SMILES string of the molecule is C/C(=C/c1cc(Cl)ccc1Cl)CC1CCCCN1. The van der Waals surface area contributed by atoms with E-state index in [-0.39, 0.29) is 0 Å². The lowest BCUT2D eigenvalue weighted by Gasteiger charge is -2.23. The van der Waals surface area contributed by atoms with Gasteiger partial charge in [-0.1, -0.05) is 41.3 Å². The predicted octanol–water partition coefficient (Wildman–Crippen LogP) is 4.93. The number of nitrogens with one attached hydrogen (secondary N) is 1. The molecule has 3 heteroatoms. The first-order chi connectivity index (χ1) is 8.65. The second-order valence-corrected chi connectivity index (χ2v) is 5.85. The van der Waals surface area contributed by atoms with Crippen molar-refractivity contribution in [1.82, 2.24) is 5.32 Å². The maximum absolute atomic E-state index is 6.16. The summed E-state index contributed by atoms with van der Waals surface area (Å²) in [4.78, 5) is 0. The highest BCUT2D eigenvalue weighted by atomic mass is 35.5. The first kappa shape index (κ1) is 13.9. The monoisotopic (exact) mass is 283 g/mol. The summed E-state index contributed by atoms with van der Waals surface area (Å²) in [7, 11) is 0. The second-order valence-electron chi connectivity index (χ2n) is 5.01. The van der Waals surface area contributed by atoms with Gasteiger partial charge < -0.3 is 5.32 Å². The fourth-order valence-corrected chi connectivity index (χ4v) is 2.79. The third kappa shape index (κ3) is 4.01. The summed E-state index contributed by atoms with van der Waals surface area (Å²) in [6.07, 6.45) is 7.14. The molecule has 1 N–H and O–H groups in total. The van der Waals surface area contributed by atoms with E-state index in [4.69, 9.17) is 23.2 Å². The Morgan fingerprint density at radius 2 is 2.22 bits per heavy atom. The Hall–Kier alpha value is -0.500. The van der Waals surface area contributed by atoms with E-state index < -0.39 is 0 Å². The molecule has 1 aromatic carbocycles. The summed E-state index contributed by atoms with van der Waals surface area (Å²) in [5, 5.41) is 5.05. The Kier molecular flexibility index (Phi) is 5.11. The minimum absolute atomic E-state index is 0.618. The summed E-state index contributed by atoms with van der Waals surface area (Å²) >= 11 is 12.2. The zero-order valence-electron chi connectivity index (χ0n) is 10.7. The molecule has 1 aromatic rings. The molecule has 98 valence electrons. The molecule has 2 rings (SSSR count). The fourth-order valence-electron chi connectivity index (χ4n) is 2.44. The van der Waals surface area contributed by atoms with Crippen LogP contribution in [-0.2, 0) is 0 Å². The maximum atomic E-state index is 6.16. The number of benzene rings is 1. The minimum atomic E-state index is 0.618. The fraction of sp³-hybridized carbons (Fsp3) is 0.467. The molecule has 1 aliphatic rings. The van der Waals surface area contributed by atoms with E-state index in [0.717, 1.165) is 28.6 Å². The highest BCUT2D eigenvalue weighted by molar-refractivity contribution is 6.34. The van der Waals surface area contributed by atoms with Crippen LogP contribution in [0.25, 0.3) is 6.08 Å². The van der Waals surface area contributed by atoms with Gasteiger partial charge in [-0.2, -0.15) is 0 Å². The van der Waals surface area contributed by atoms with Crippen molar-refractivity contribution in [3.05, 3.63) is 39.4 Å². The Morgan fingerprint density at radius 3 is 2.94 bits per heavy atom. The first-order valence-corrected chi connectivity index (χ1v) is 7.26. The zero-order chi connectivity index (χ0) is 13.0. The van der Waals surface area contributed by atoms with Gasteiger partial charge >= 0.3 is 0 Å². The normalized spacial score (nSPS) is 21.1. The maximum Gasteiger partial charge on any atom is 0.0479 e. The largest absolute Gasteiger partial charge is 0.314 e. The van der Waals surface area contributed by atoms with Crippen molar-refractivity contribution in [2.24, 2.45) is 0 Å². The van der Waals surface area contributed by atoms with Crippen molar-refractivity contribution in [2.75, 3.05) is 6.54 Å². The van der Waals surface area contributed by atoms with E-state index in [1.807, 2.05) is 18.2 Å². The van der Waals surface area contributed by atoms with E-state index in [9.17, 15) is 0 Å². The lowest BCUT2D eigenvalue weighted by molar-refractivity contribution is 0.399. The van der Waals surface area contributed by atoms with Crippen LogP contribution in [0.2, 0.25) is 10.0 Å². The number of rotatable bonds is 3.